The second-order valence-electron chi connectivity index (χ2n) is 9.16. The number of hydrogen-bond donors (Lipinski definition) is 1. The molecule has 2 aromatic heterocycles. The number of nitrogens with zero attached hydrogens (tertiary/aromatic N) is 2. The molecule has 3 heterocycles. The quantitative estimate of drug-likeness (QED) is 0.235. The zero-order valence-electron chi connectivity index (χ0n) is 20.9. The van der Waals surface area contributed by atoms with Gasteiger partial charge in [0.25, 0.3) is 10.0 Å². The molecule has 0 bridgehead atoms. The van der Waals surface area contributed by atoms with Crippen LogP contribution < -0.4 is 5.32 Å². The van der Waals surface area contributed by atoms with Gasteiger partial charge in [-0.2, -0.15) is 4.31 Å². The number of sulfonamides is 1. The maximum atomic E-state index is 13.4. The molecule has 10 heteroatoms. The van der Waals surface area contributed by atoms with E-state index in [1.807, 2.05) is 18.2 Å². The number of piperidine rings is 1. The Morgan fingerprint density at radius 2 is 1.71 bits per heavy atom. The van der Waals surface area contributed by atoms with Crippen molar-refractivity contribution in [3.8, 4) is 22.4 Å². The first-order chi connectivity index (χ1) is 18.4. The van der Waals surface area contributed by atoms with Crippen molar-refractivity contribution in [2.24, 2.45) is 0 Å². The van der Waals surface area contributed by atoms with E-state index in [-0.39, 0.29) is 10.1 Å². The van der Waals surface area contributed by atoms with E-state index < -0.39 is 16.1 Å². The van der Waals surface area contributed by atoms with Crippen molar-refractivity contribution >= 4 is 55.3 Å². The molecule has 1 amide bonds. The lowest BCUT2D eigenvalue weighted by atomic mass is 10.0. The minimum Gasteiger partial charge on any atom is -0.301 e. The summed E-state index contributed by atoms with van der Waals surface area (Å²) in [5.74, 6) is -0.348. The summed E-state index contributed by atoms with van der Waals surface area (Å²) in [5.41, 5.74) is 4.12. The third-order valence-electron chi connectivity index (χ3n) is 6.54. The van der Waals surface area contributed by atoms with Gasteiger partial charge in [0.05, 0.1) is 10.0 Å². The zero-order chi connectivity index (χ0) is 26.7. The van der Waals surface area contributed by atoms with Crippen molar-refractivity contribution in [2.45, 2.75) is 49.3 Å². The van der Waals surface area contributed by atoms with Crippen LogP contribution in [0, 0.1) is 0 Å². The summed E-state index contributed by atoms with van der Waals surface area (Å²) >= 11 is 8.46. The Balaban J connectivity index is 1.38. The molecule has 0 saturated carbocycles. The fourth-order valence-electron chi connectivity index (χ4n) is 4.67. The van der Waals surface area contributed by atoms with E-state index in [2.05, 4.69) is 48.6 Å². The Bertz CT molecular complexity index is 1520. The number of amides is 1. The smallest absolute Gasteiger partial charge is 0.253 e. The normalized spacial score (nSPS) is 16.4. The molecular formula is C28H28ClN3O3S3. The van der Waals surface area contributed by atoms with Gasteiger partial charge in [0.2, 0.25) is 5.91 Å². The van der Waals surface area contributed by atoms with Crippen LogP contribution in [0.15, 0.2) is 70.9 Å². The number of benzene rings is 2. The van der Waals surface area contributed by atoms with Crippen molar-refractivity contribution in [1.82, 2.24) is 9.29 Å². The van der Waals surface area contributed by atoms with Crippen molar-refractivity contribution in [3.05, 3.63) is 75.9 Å². The lowest BCUT2D eigenvalue weighted by Crippen LogP contribution is -2.49. The van der Waals surface area contributed by atoms with Crippen LogP contribution in [0.25, 0.3) is 22.4 Å². The number of thiophene rings is 1. The average Bonchev–Trinajstić information content (AvgIpc) is 3.56. The molecule has 0 aliphatic carbocycles. The predicted octanol–water partition coefficient (Wildman–Crippen LogP) is 7.33. The van der Waals surface area contributed by atoms with Gasteiger partial charge in [-0.1, -0.05) is 86.0 Å². The monoisotopic (exact) mass is 585 g/mol. The Morgan fingerprint density at radius 3 is 2.39 bits per heavy atom. The fraction of sp³-hybridized carbons (Fsp3) is 0.286. The number of carbonyl (C=O) groups is 1. The Hall–Kier alpha value is -2.56. The van der Waals surface area contributed by atoms with E-state index in [9.17, 15) is 13.2 Å². The van der Waals surface area contributed by atoms with Gasteiger partial charge in [-0.05, 0) is 42.5 Å². The SMILES string of the molecule is CCCc1sc(NC(=O)C2CCCCN2S(=O)(=O)c2ccc(Cl)s2)nc1-c1ccc(-c2ccccc2)cc1. The van der Waals surface area contributed by atoms with E-state index in [1.165, 1.54) is 21.7 Å². The van der Waals surface area contributed by atoms with Crippen molar-refractivity contribution in [3.63, 3.8) is 0 Å². The highest BCUT2D eigenvalue weighted by atomic mass is 35.5. The minimum atomic E-state index is -3.82. The van der Waals surface area contributed by atoms with Gasteiger partial charge in [0, 0.05) is 17.0 Å². The topological polar surface area (TPSA) is 79.4 Å². The van der Waals surface area contributed by atoms with Gasteiger partial charge >= 0.3 is 0 Å². The van der Waals surface area contributed by atoms with E-state index in [4.69, 9.17) is 16.6 Å². The maximum absolute atomic E-state index is 13.4. The van der Waals surface area contributed by atoms with Crippen molar-refractivity contribution in [2.75, 3.05) is 11.9 Å². The van der Waals surface area contributed by atoms with Crippen LogP contribution in [-0.4, -0.2) is 36.2 Å². The first-order valence-electron chi connectivity index (χ1n) is 12.6. The van der Waals surface area contributed by atoms with Gasteiger partial charge < -0.3 is 5.32 Å². The molecule has 1 fully saturated rings. The van der Waals surface area contributed by atoms with Crippen LogP contribution in [0.5, 0.6) is 0 Å². The number of aryl methyl sites for hydroxylation is 1. The Kier molecular flexibility index (Phi) is 8.30. The number of carbonyl (C=O) groups excluding carboxylic acids is 1. The highest BCUT2D eigenvalue weighted by Crippen LogP contribution is 2.35. The van der Waals surface area contributed by atoms with Gasteiger partial charge in [-0.3, -0.25) is 4.79 Å². The first kappa shape index (κ1) is 27.0. The van der Waals surface area contributed by atoms with E-state index in [1.54, 1.807) is 6.07 Å². The second kappa shape index (κ2) is 11.7. The van der Waals surface area contributed by atoms with Crippen LogP contribution in [0.4, 0.5) is 5.13 Å². The number of rotatable bonds is 8. The van der Waals surface area contributed by atoms with Crippen LogP contribution in [-0.2, 0) is 21.2 Å². The third-order valence-corrected chi connectivity index (χ3v) is 11.2. The van der Waals surface area contributed by atoms with Crippen LogP contribution in [0.3, 0.4) is 0 Å². The van der Waals surface area contributed by atoms with Crippen molar-refractivity contribution in [1.29, 1.82) is 0 Å². The third kappa shape index (κ3) is 5.72. The maximum Gasteiger partial charge on any atom is 0.253 e. The molecular weight excluding hydrogens is 558 g/mol. The molecule has 1 aliphatic heterocycles. The van der Waals surface area contributed by atoms with E-state index >= 15 is 0 Å². The number of aromatic nitrogens is 1. The molecule has 2 aromatic carbocycles. The molecule has 5 rings (SSSR count). The summed E-state index contributed by atoms with van der Waals surface area (Å²) in [4.78, 5) is 19.3. The lowest BCUT2D eigenvalue weighted by Gasteiger charge is -2.32. The summed E-state index contributed by atoms with van der Waals surface area (Å²) in [6, 6.07) is 20.8. The number of nitrogens with one attached hydrogen (secondary N) is 1. The first-order valence-corrected chi connectivity index (χ1v) is 16.1. The molecule has 38 heavy (non-hydrogen) atoms. The average molecular weight is 586 g/mol. The summed E-state index contributed by atoms with van der Waals surface area (Å²) in [5, 5.41) is 3.42. The number of halogens is 1. The summed E-state index contributed by atoms with van der Waals surface area (Å²) < 4.78 is 28.5. The van der Waals surface area contributed by atoms with Gasteiger partial charge in [-0.25, -0.2) is 13.4 Å². The van der Waals surface area contributed by atoms with Gasteiger partial charge in [0.15, 0.2) is 5.13 Å². The summed E-state index contributed by atoms with van der Waals surface area (Å²) in [6.45, 7) is 2.41. The highest BCUT2D eigenvalue weighted by molar-refractivity contribution is 7.91. The van der Waals surface area contributed by atoms with Crippen LogP contribution in [0.2, 0.25) is 4.34 Å². The zero-order valence-corrected chi connectivity index (χ0v) is 24.1. The minimum absolute atomic E-state index is 0.155. The Labute approximate surface area is 236 Å². The lowest BCUT2D eigenvalue weighted by molar-refractivity contribution is -0.120. The summed E-state index contributed by atoms with van der Waals surface area (Å²) in [7, 11) is -3.82. The fourth-order valence-corrected chi connectivity index (χ4v) is 9.03. The largest absolute Gasteiger partial charge is 0.301 e. The van der Waals surface area contributed by atoms with Gasteiger partial charge in [0.1, 0.15) is 10.3 Å². The molecule has 1 atom stereocenters. The van der Waals surface area contributed by atoms with Crippen LogP contribution >= 0.6 is 34.3 Å². The second-order valence-corrected chi connectivity index (χ2v) is 14.1. The van der Waals surface area contributed by atoms with E-state index in [0.717, 1.165) is 57.9 Å². The molecule has 198 valence electrons. The molecule has 1 unspecified atom stereocenters. The molecule has 1 saturated heterocycles. The summed E-state index contributed by atoms with van der Waals surface area (Å²) in [6.07, 6.45) is 3.75. The number of anilines is 1. The molecule has 6 nitrogen and oxygen atoms in total. The molecule has 0 radical (unpaired) electrons. The Morgan fingerprint density at radius 1 is 1.00 bits per heavy atom. The predicted molar refractivity (Wildman–Crippen MR) is 156 cm³/mol. The number of thiazole rings is 1. The number of hydrogen-bond acceptors (Lipinski definition) is 6. The van der Waals surface area contributed by atoms with Crippen LogP contribution in [0.1, 0.15) is 37.5 Å². The standard InChI is InChI=1S/C28H28ClN3O3S3/c1-2-8-23-26(21-14-12-20(13-15-21)19-9-4-3-5-10-19)30-28(36-23)31-27(33)22-11-6-7-18-32(22)38(34,35)25-17-16-24(29)37-25/h3-5,9-10,12-17,22H,2,6-8,11,18H2,1H3,(H,30,31,33). The molecule has 1 N–H and O–H groups in total. The molecule has 0 spiro atoms. The van der Waals surface area contributed by atoms with E-state index in [0.29, 0.717) is 28.9 Å². The van der Waals surface area contributed by atoms with Gasteiger partial charge in [-0.15, -0.1) is 22.7 Å². The van der Waals surface area contributed by atoms with Crippen molar-refractivity contribution < 1.29 is 13.2 Å². The highest BCUT2D eigenvalue weighted by Gasteiger charge is 2.38. The molecule has 4 aromatic rings. The molecule has 1 aliphatic rings.